The van der Waals surface area contributed by atoms with Crippen LogP contribution in [-0.4, -0.2) is 49.7 Å². The number of piperidine rings is 1. The summed E-state index contributed by atoms with van der Waals surface area (Å²) in [6, 6.07) is 2.42. The van der Waals surface area contributed by atoms with E-state index in [0.29, 0.717) is 43.8 Å². The Morgan fingerprint density at radius 1 is 1.07 bits per heavy atom. The van der Waals surface area contributed by atoms with Crippen molar-refractivity contribution in [3.8, 4) is 0 Å². The monoisotopic (exact) mass is 444 g/mol. The zero-order chi connectivity index (χ0) is 22.5. The normalized spacial score (nSPS) is 16.4. The fourth-order valence-electron chi connectivity index (χ4n) is 3.58. The molecule has 0 radical (unpaired) electrons. The molecule has 1 aliphatic heterocycles. The largest absolute Gasteiger partial charge is 0.342 e. The van der Waals surface area contributed by atoms with Crippen molar-refractivity contribution in [2.75, 3.05) is 26.2 Å². The molecule has 5 nitrogen and oxygen atoms in total. The van der Waals surface area contributed by atoms with Gasteiger partial charge in [-0.15, -0.1) is 0 Å². The molecule has 0 aromatic heterocycles. The molecule has 30 heavy (non-hydrogen) atoms. The van der Waals surface area contributed by atoms with Crippen molar-refractivity contribution in [2.45, 2.75) is 58.3 Å². The molecule has 1 aromatic carbocycles. The van der Waals surface area contributed by atoms with Crippen LogP contribution in [0.25, 0.3) is 0 Å². The number of hydrogen-bond acceptors (Lipinski definition) is 3. The SMILES string of the molecule is CC(C)CCN(CCC(C)C)C(=O)C1CCN(S(=O)(=O)c2cc(F)ccc2F)CC1. The summed E-state index contributed by atoms with van der Waals surface area (Å²) in [6.45, 7) is 10.2. The molecular formula is C22H34F2N2O3S. The van der Waals surface area contributed by atoms with Gasteiger partial charge < -0.3 is 4.90 Å². The Kier molecular flexibility index (Phi) is 8.79. The van der Waals surface area contributed by atoms with Gasteiger partial charge in [0.1, 0.15) is 16.5 Å². The van der Waals surface area contributed by atoms with Gasteiger partial charge in [-0.2, -0.15) is 4.31 Å². The zero-order valence-electron chi connectivity index (χ0n) is 18.4. The molecule has 1 saturated heterocycles. The van der Waals surface area contributed by atoms with Crippen LogP contribution in [0.15, 0.2) is 23.1 Å². The van der Waals surface area contributed by atoms with Gasteiger partial charge in [-0.05, 0) is 55.7 Å². The first-order valence-corrected chi connectivity index (χ1v) is 12.2. The minimum atomic E-state index is -4.13. The summed E-state index contributed by atoms with van der Waals surface area (Å²) >= 11 is 0. The molecule has 8 heteroatoms. The third-order valence-electron chi connectivity index (χ3n) is 5.58. The van der Waals surface area contributed by atoms with Crippen molar-refractivity contribution in [1.82, 2.24) is 9.21 Å². The summed E-state index contributed by atoms with van der Waals surface area (Å²) in [5, 5.41) is 0. The minimum Gasteiger partial charge on any atom is -0.342 e. The van der Waals surface area contributed by atoms with Gasteiger partial charge in [0.25, 0.3) is 0 Å². The Bertz CT molecular complexity index is 808. The van der Waals surface area contributed by atoms with E-state index in [1.807, 2.05) is 4.90 Å². The van der Waals surface area contributed by atoms with Crippen molar-refractivity contribution < 1.29 is 22.0 Å². The highest BCUT2D eigenvalue weighted by atomic mass is 32.2. The molecule has 0 spiro atoms. The highest BCUT2D eigenvalue weighted by molar-refractivity contribution is 7.89. The Morgan fingerprint density at radius 3 is 2.10 bits per heavy atom. The van der Waals surface area contributed by atoms with E-state index in [0.717, 1.165) is 29.3 Å². The van der Waals surface area contributed by atoms with Gasteiger partial charge in [0.15, 0.2) is 0 Å². The van der Waals surface area contributed by atoms with E-state index < -0.39 is 26.6 Å². The number of rotatable bonds is 9. The van der Waals surface area contributed by atoms with Crippen LogP contribution in [0.4, 0.5) is 8.78 Å². The lowest BCUT2D eigenvalue weighted by molar-refractivity contribution is -0.137. The molecule has 0 unspecified atom stereocenters. The fraction of sp³-hybridized carbons (Fsp3) is 0.682. The summed E-state index contributed by atoms with van der Waals surface area (Å²) in [4.78, 5) is 14.4. The van der Waals surface area contributed by atoms with Crippen molar-refractivity contribution in [3.63, 3.8) is 0 Å². The van der Waals surface area contributed by atoms with E-state index in [4.69, 9.17) is 0 Å². The van der Waals surface area contributed by atoms with Gasteiger partial charge in [0.05, 0.1) is 0 Å². The van der Waals surface area contributed by atoms with Gasteiger partial charge in [-0.25, -0.2) is 17.2 Å². The quantitative estimate of drug-likeness (QED) is 0.571. The minimum absolute atomic E-state index is 0.0743. The van der Waals surface area contributed by atoms with Crippen LogP contribution >= 0.6 is 0 Å². The van der Waals surface area contributed by atoms with Gasteiger partial charge >= 0.3 is 0 Å². The van der Waals surface area contributed by atoms with Crippen molar-refractivity contribution in [1.29, 1.82) is 0 Å². The Morgan fingerprint density at radius 2 is 1.60 bits per heavy atom. The Balaban J connectivity index is 2.05. The maximum absolute atomic E-state index is 14.0. The van der Waals surface area contributed by atoms with Crippen molar-refractivity contribution >= 4 is 15.9 Å². The number of halogens is 2. The van der Waals surface area contributed by atoms with E-state index in [-0.39, 0.29) is 24.9 Å². The number of hydrogen-bond donors (Lipinski definition) is 0. The van der Waals surface area contributed by atoms with Crippen LogP contribution < -0.4 is 0 Å². The summed E-state index contributed by atoms with van der Waals surface area (Å²) in [5.74, 6) is -0.951. The molecule has 0 saturated carbocycles. The van der Waals surface area contributed by atoms with E-state index in [1.54, 1.807) is 0 Å². The first kappa shape index (κ1) is 24.7. The highest BCUT2D eigenvalue weighted by Gasteiger charge is 2.35. The second kappa shape index (κ2) is 10.7. The molecule has 2 rings (SSSR count). The van der Waals surface area contributed by atoms with Crippen LogP contribution in [0.1, 0.15) is 53.4 Å². The molecule has 0 N–H and O–H groups in total. The van der Waals surface area contributed by atoms with E-state index >= 15 is 0 Å². The molecule has 170 valence electrons. The smallest absolute Gasteiger partial charge is 0.246 e. The third-order valence-corrected chi connectivity index (χ3v) is 7.49. The van der Waals surface area contributed by atoms with Gasteiger partial charge in [-0.3, -0.25) is 4.79 Å². The zero-order valence-corrected chi connectivity index (χ0v) is 19.2. The van der Waals surface area contributed by atoms with Gasteiger partial charge in [-0.1, -0.05) is 27.7 Å². The number of sulfonamides is 1. The lowest BCUT2D eigenvalue weighted by Crippen LogP contribution is -2.45. The molecule has 0 aliphatic carbocycles. The lowest BCUT2D eigenvalue weighted by atomic mass is 9.95. The van der Waals surface area contributed by atoms with Crippen LogP contribution in [0.2, 0.25) is 0 Å². The van der Waals surface area contributed by atoms with Crippen molar-refractivity contribution in [3.05, 3.63) is 29.8 Å². The van der Waals surface area contributed by atoms with Gasteiger partial charge in [0, 0.05) is 32.1 Å². The van der Waals surface area contributed by atoms with Crippen LogP contribution in [0.3, 0.4) is 0 Å². The second-order valence-corrected chi connectivity index (χ2v) is 10.8. The maximum Gasteiger partial charge on any atom is 0.246 e. The number of carbonyl (C=O) groups excluding carboxylic acids is 1. The molecule has 0 bridgehead atoms. The van der Waals surface area contributed by atoms with Crippen molar-refractivity contribution in [2.24, 2.45) is 17.8 Å². The molecular weight excluding hydrogens is 410 g/mol. The molecule has 0 atom stereocenters. The van der Waals surface area contributed by atoms with E-state index in [1.165, 1.54) is 0 Å². The fourth-order valence-corrected chi connectivity index (χ4v) is 5.12. The van der Waals surface area contributed by atoms with E-state index in [9.17, 15) is 22.0 Å². The molecule has 1 fully saturated rings. The summed E-state index contributed by atoms with van der Waals surface area (Å²) in [5.41, 5.74) is 0. The Labute approximate surface area is 179 Å². The number of nitrogens with zero attached hydrogens (tertiary/aromatic N) is 2. The molecule has 1 aromatic rings. The van der Waals surface area contributed by atoms with Crippen LogP contribution in [0, 0.1) is 29.4 Å². The average molecular weight is 445 g/mol. The van der Waals surface area contributed by atoms with E-state index in [2.05, 4.69) is 27.7 Å². The van der Waals surface area contributed by atoms with Crippen LogP contribution in [-0.2, 0) is 14.8 Å². The molecule has 1 aliphatic rings. The maximum atomic E-state index is 14.0. The predicted octanol–water partition coefficient (Wildman–Crippen LogP) is 4.29. The Hall–Kier alpha value is -1.54. The number of benzene rings is 1. The number of carbonyl (C=O) groups is 1. The summed E-state index contributed by atoms with van der Waals surface area (Å²) in [7, 11) is -4.13. The van der Waals surface area contributed by atoms with Gasteiger partial charge in [0.2, 0.25) is 15.9 Å². The highest BCUT2D eigenvalue weighted by Crippen LogP contribution is 2.27. The lowest BCUT2D eigenvalue weighted by Gasteiger charge is -2.34. The predicted molar refractivity (Wildman–Crippen MR) is 113 cm³/mol. The summed E-state index contributed by atoms with van der Waals surface area (Å²) < 4.78 is 54.1. The first-order chi connectivity index (χ1) is 14.0. The summed E-state index contributed by atoms with van der Waals surface area (Å²) in [6.07, 6.45) is 2.62. The van der Waals surface area contributed by atoms with Crippen LogP contribution in [0.5, 0.6) is 0 Å². The standard InChI is InChI=1S/C22H34F2N2O3S/c1-16(2)7-11-25(12-8-17(3)4)22(27)18-9-13-26(14-10-18)30(28,29)21-15-19(23)5-6-20(21)24/h5-6,15-18H,7-14H2,1-4H3. The number of amides is 1. The molecule has 1 amide bonds. The first-order valence-electron chi connectivity index (χ1n) is 10.8. The average Bonchev–Trinajstić information content (AvgIpc) is 2.69. The second-order valence-electron chi connectivity index (χ2n) is 8.94. The third kappa shape index (κ3) is 6.48. The molecule has 1 heterocycles. The topological polar surface area (TPSA) is 57.7 Å².